The predicted octanol–water partition coefficient (Wildman–Crippen LogP) is 1.37. The monoisotopic (exact) mass is 263 g/mol. The van der Waals surface area contributed by atoms with Gasteiger partial charge in [0.1, 0.15) is 0 Å². The summed E-state index contributed by atoms with van der Waals surface area (Å²) in [7, 11) is 1.81. The average Bonchev–Trinajstić information content (AvgIpc) is 2.34. The Kier molecular flexibility index (Phi) is 4.92. The normalized spacial score (nSPS) is 10.7. The van der Waals surface area contributed by atoms with E-state index < -0.39 is 0 Å². The molecule has 2 amide bonds. The molecule has 104 valence electrons. The molecule has 0 heterocycles. The van der Waals surface area contributed by atoms with E-state index in [4.69, 9.17) is 0 Å². The number of benzene rings is 1. The maximum absolute atomic E-state index is 11.8. The van der Waals surface area contributed by atoms with Gasteiger partial charge in [-0.15, -0.1) is 0 Å². The Morgan fingerprint density at radius 2 is 1.68 bits per heavy atom. The van der Waals surface area contributed by atoms with E-state index in [0.29, 0.717) is 5.56 Å². The van der Waals surface area contributed by atoms with Crippen molar-refractivity contribution in [1.29, 1.82) is 0 Å². The van der Waals surface area contributed by atoms with Crippen molar-refractivity contribution in [2.75, 3.05) is 18.9 Å². The SMILES string of the molecule is CNc1ccc(C(=O)NCC(=O)NC(C)(C)C)cc1. The Labute approximate surface area is 113 Å². The summed E-state index contributed by atoms with van der Waals surface area (Å²) in [6, 6.07) is 7.04. The van der Waals surface area contributed by atoms with E-state index in [-0.39, 0.29) is 23.9 Å². The van der Waals surface area contributed by atoms with E-state index in [1.54, 1.807) is 12.1 Å². The molecule has 0 aliphatic heterocycles. The molecule has 0 aliphatic rings. The summed E-state index contributed by atoms with van der Waals surface area (Å²) in [5.74, 6) is -0.459. The van der Waals surface area contributed by atoms with Crippen molar-refractivity contribution in [2.24, 2.45) is 0 Å². The second-order valence-electron chi connectivity index (χ2n) is 5.31. The van der Waals surface area contributed by atoms with E-state index in [2.05, 4.69) is 16.0 Å². The number of amides is 2. The minimum Gasteiger partial charge on any atom is -0.388 e. The molecule has 3 N–H and O–H groups in total. The molecule has 0 unspecified atom stereocenters. The molecule has 1 aromatic rings. The lowest BCUT2D eigenvalue weighted by Gasteiger charge is -2.20. The highest BCUT2D eigenvalue weighted by molar-refractivity contribution is 5.96. The fourth-order valence-electron chi connectivity index (χ4n) is 1.51. The first-order chi connectivity index (χ1) is 8.81. The minimum absolute atomic E-state index is 0.0239. The van der Waals surface area contributed by atoms with Crippen LogP contribution in [-0.4, -0.2) is 30.9 Å². The molecule has 0 aliphatic carbocycles. The van der Waals surface area contributed by atoms with Crippen LogP contribution in [-0.2, 0) is 4.79 Å². The zero-order chi connectivity index (χ0) is 14.5. The van der Waals surface area contributed by atoms with Gasteiger partial charge in [-0.25, -0.2) is 0 Å². The number of anilines is 1. The van der Waals surface area contributed by atoms with Gasteiger partial charge in [0.2, 0.25) is 5.91 Å². The van der Waals surface area contributed by atoms with Crippen LogP contribution < -0.4 is 16.0 Å². The molecule has 19 heavy (non-hydrogen) atoms. The van der Waals surface area contributed by atoms with Crippen LogP contribution in [0.3, 0.4) is 0 Å². The molecule has 5 nitrogen and oxygen atoms in total. The van der Waals surface area contributed by atoms with Crippen LogP contribution in [0.1, 0.15) is 31.1 Å². The Morgan fingerprint density at radius 1 is 1.11 bits per heavy atom. The largest absolute Gasteiger partial charge is 0.388 e. The first kappa shape index (κ1) is 15.0. The smallest absolute Gasteiger partial charge is 0.251 e. The van der Waals surface area contributed by atoms with E-state index >= 15 is 0 Å². The maximum atomic E-state index is 11.8. The number of carbonyl (C=O) groups is 2. The first-order valence-electron chi connectivity index (χ1n) is 6.19. The van der Waals surface area contributed by atoms with Crippen molar-refractivity contribution in [3.8, 4) is 0 Å². The lowest BCUT2D eigenvalue weighted by atomic mass is 10.1. The van der Waals surface area contributed by atoms with Crippen LogP contribution in [0.25, 0.3) is 0 Å². The number of hydrogen-bond acceptors (Lipinski definition) is 3. The number of nitrogens with one attached hydrogen (secondary N) is 3. The van der Waals surface area contributed by atoms with Crippen LogP contribution in [0.4, 0.5) is 5.69 Å². The van der Waals surface area contributed by atoms with Gasteiger partial charge in [-0.2, -0.15) is 0 Å². The number of rotatable bonds is 4. The standard InChI is InChI=1S/C14H21N3O2/c1-14(2,3)17-12(18)9-16-13(19)10-5-7-11(15-4)8-6-10/h5-8,15H,9H2,1-4H3,(H,16,19)(H,17,18). The molecule has 5 heteroatoms. The Bertz CT molecular complexity index is 447. The van der Waals surface area contributed by atoms with Gasteiger partial charge in [-0.05, 0) is 45.0 Å². The molecule has 0 bridgehead atoms. The molecule has 1 aromatic carbocycles. The minimum atomic E-state index is -0.295. The lowest BCUT2D eigenvalue weighted by Crippen LogP contribution is -2.45. The van der Waals surface area contributed by atoms with Crippen molar-refractivity contribution < 1.29 is 9.59 Å². The highest BCUT2D eigenvalue weighted by Gasteiger charge is 2.14. The second-order valence-corrected chi connectivity index (χ2v) is 5.31. The number of hydrogen-bond donors (Lipinski definition) is 3. The summed E-state index contributed by atoms with van der Waals surface area (Å²) in [6.07, 6.45) is 0. The van der Waals surface area contributed by atoms with Crippen molar-refractivity contribution in [3.63, 3.8) is 0 Å². The van der Waals surface area contributed by atoms with E-state index in [1.165, 1.54) is 0 Å². The van der Waals surface area contributed by atoms with E-state index in [1.807, 2.05) is 40.0 Å². The molecular formula is C14H21N3O2. The van der Waals surface area contributed by atoms with Crippen LogP contribution in [0.2, 0.25) is 0 Å². The third-order valence-electron chi connectivity index (χ3n) is 2.36. The van der Waals surface area contributed by atoms with Gasteiger partial charge in [-0.3, -0.25) is 9.59 Å². The fraction of sp³-hybridized carbons (Fsp3) is 0.429. The summed E-state index contributed by atoms with van der Waals surface area (Å²) in [5.41, 5.74) is 1.17. The molecule has 0 aromatic heterocycles. The molecule has 0 radical (unpaired) electrons. The van der Waals surface area contributed by atoms with Crippen molar-refractivity contribution >= 4 is 17.5 Å². The second kappa shape index (κ2) is 6.22. The van der Waals surface area contributed by atoms with Gasteiger partial charge >= 0.3 is 0 Å². The van der Waals surface area contributed by atoms with Gasteiger partial charge < -0.3 is 16.0 Å². The molecule has 0 saturated heterocycles. The Hall–Kier alpha value is -2.04. The van der Waals surface area contributed by atoms with Crippen molar-refractivity contribution in [1.82, 2.24) is 10.6 Å². The Balaban J connectivity index is 2.49. The Morgan fingerprint density at radius 3 is 2.16 bits per heavy atom. The summed E-state index contributed by atoms with van der Waals surface area (Å²) in [4.78, 5) is 23.4. The zero-order valence-corrected chi connectivity index (χ0v) is 11.8. The van der Waals surface area contributed by atoms with E-state index in [0.717, 1.165) is 5.69 Å². The van der Waals surface area contributed by atoms with Gasteiger partial charge in [-0.1, -0.05) is 0 Å². The van der Waals surface area contributed by atoms with Crippen LogP contribution in [0.15, 0.2) is 24.3 Å². The van der Waals surface area contributed by atoms with Gasteiger partial charge in [0.25, 0.3) is 5.91 Å². The van der Waals surface area contributed by atoms with Gasteiger partial charge in [0, 0.05) is 23.8 Å². The third-order valence-corrected chi connectivity index (χ3v) is 2.36. The lowest BCUT2D eigenvalue weighted by molar-refractivity contribution is -0.121. The quantitative estimate of drug-likeness (QED) is 0.768. The first-order valence-corrected chi connectivity index (χ1v) is 6.19. The zero-order valence-electron chi connectivity index (χ0n) is 11.8. The highest BCUT2D eigenvalue weighted by Crippen LogP contribution is 2.08. The molecule has 0 fully saturated rings. The molecular weight excluding hydrogens is 242 g/mol. The van der Waals surface area contributed by atoms with Crippen LogP contribution in [0.5, 0.6) is 0 Å². The molecule has 0 saturated carbocycles. The summed E-state index contributed by atoms with van der Waals surface area (Å²) in [5, 5.41) is 8.34. The topological polar surface area (TPSA) is 70.2 Å². The molecule has 0 spiro atoms. The van der Waals surface area contributed by atoms with Crippen molar-refractivity contribution in [3.05, 3.63) is 29.8 Å². The van der Waals surface area contributed by atoms with Crippen LogP contribution in [0, 0.1) is 0 Å². The van der Waals surface area contributed by atoms with Gasteiger partial charge in [0.05, 0.1) is 6.54 Å². The van der Waals surface area contributed by atoms with Crippen molar-refractivity contribution in [2.45, 2.75) is 26.3 Å². The fourth-order valence-corrected chi connectivity index (χ4v) is 1.51. The average molecular weight is 263 g/mol. The highest BCUT2D eigenvalue weighted by atomic mass is 16.2. The number of carbonyl (C=O) groups excluding carboxylic acids is 2. The van der Waals surface area contributed by atoms with Gasteiger partial charge in [0.15, 0.2) is 0 Å². The van der Waals surface area contributed by atoms with E-state index in [9.17, 15) is 9.59 Å². The van der Waals surface area contributed by atoms with Crippen LogP contribution >= 0.6 is 0 Å². The molecule has 0 atom stereocenters. The summed E-state index contributed by atoms with van der Waals surface area (Å²) >= 11 is 0. The third kappa shape index (κ3) is 5.42. The molecule has 1 rings (SSSR count). The summed E-state index contributed by atoms with van der Waals surface area (Å²) in [6.45, 7) is 5.65. The maximum Gasteiger partial charge on any atom is 0.251 e. The summed E-state index contributed by atoms with van der Waals surface area (Å²) < 4.78 is 0. The predicted molar refractivity (Wildman–Crippen MR) is 76.2 cm³/mol.